The van der Waals surface area contributed by atoms with Crippen LogP contribution in [0.1, 0.15) is 28.5 Å². The summed E-state index contributed by atoms with van der Waals surface area (Å²) >= 11 is 6.98. The molecule has 0 bridgehead atoms. The summed E-state index contributed by atoms with van der Waals surface area (Å²) in [5.74, 6) is -3.49. The van der Waals surface area contributed by atoms with Gasteiger partial charge in [-0.3, -0.25) is 9.69 Å². The molecule has 1 aromatic heterocycles. The number of carbonyl (C=O) groups excluding carboxylic acids is 2. The number of hydrogen-bond acceptors (Lipinski definition) is 5. The summed E-state index contributed by atoms with van der Waals surface area (Å²) in [6, 6.07) is 8.79. The van der Waals surface area contributed by atoms with Crippen molar-refractivity contribution in [2.24, 2.45) is 0 Å². The first kappa shape index (κ1) is 20.9. The fourth-order valence-corrected chi connectivity index (χ4v) is 3.65. The Hall–Kier alpha value is -2.84. The number of hydrogen-bond donors (Lipinski definition) is 0. The smallest absolute Gasteiger partial charge is 0.340 e. The summed E-state index contributed by atoms with van der Waals surface area (Å²) in [5.41, 5.74) is 1.77. The molecule has 3 aromatic rings. The second-order valence-electron chi connectivity index (χ2n) is 6.14. The Kier molecular flexibility index (Phi) is 6.24. The predicted octanol–water partition coefficient (Wildman–Crippen LogP) is 5.42. The van der Waals surface area contributed by atoms with Crippen LogP contribution in [0, 0.1) is 18.6 Å². The van der Waals surface area contributed by atoms with Crippen LogP contribution >= 0.6 is 22.9 Å². The molecule has 0 fully saturated rings. The number of nitrogens with zero attached hydrogens (tertiary/aromatic N) is 2. The number of ether oxygens (including phenoxy) is 1. The molecular formula is C20H15ClF2N2O3S. The molecule has 1 amide bonds. The second-order valence-corrected chi connectivity index (χ2v) is 7.38. The fourth-order valence-electron chi connectivity index (χ4n) is 2.56. The molecule has 0 saturated carbocycles. The Labute approximate surface area is 174 Å². The maximum atomic E-state index is 13.4. The molecule has 3 rings (SSSR count). The van der Waals surface area contributed by atoms with E-state index in [2.05, 4.69) is 4.98 Å². The second kappa shape index (κ2) is 8.67. The van der Waals surface area contributed by atoms with E-state index in [4.69, 9.17) is 16.3 Å². The Morgan fingerprint density at radius 2 is 1.93 bits per heavy atom. The molecule has 0 aliphatic heterocycles. The SMILES string of the molecule is CC(=O)N(c1cccc(C)c1)c1nc(COC(=O)c2cc(F)c(F)cc2Cl)cs1. The molecule has 0 unspecified atom stereocenters. The van der Waals surface area contributed by atoms with E-state index in [0.717, 1.165) is 5.56 Å². The number of esters is 1. The molecule has 0 aliphatic carbocycles. The number of rotatable bonds is 5. The number of aromatic nitrogens is 1. The highest BCUT2D eigenvalue weighted by atomic mass is 35.5. The molecule has 0 spiro atoms. The molecule has 5 nitrogen and oxygen atoms in total. The van der Waals surface area contributed by atoms with E-state index in [-0.39, 0.29) is 23.1 Å². The van der Waals surface area contributed by atoms with Crippen LogP contribution in [0.2, 0.25) is 5.02 Å². The van der Waals surface area contributed by atoms with Crippen LogP contribution in [0.15, 0.2) is 41.8 Å². The lowest BCUT2D eigenvalue weighted by Crippen LogP contribution is -2.22. The lowest BCUT2D eigenvalue weighted by Gasteiger charge is -2.18. The first-order chi connectivity index (χ1) is 13.8. The molecule has 1 heterocycles. The normalized spacial score (nSPS) is 10.7. The van der Waals surface area contributed by atoms with Crippen molar-refractivity contribution >= 4 is 45.6 Å². The zero-order valence-electron chi connectivity index (χ0n) is 15.4. The van der Waals surface area contributed by atoms with Gasteiger partial charge in [-0.2, -0.15) is 0 Å². The quantitative estimate of drug-likeness (QED) is 0.395. The lowest BCUT2D eigenvalue weighted by molar-refractivity contribution is -0.115. The van der Waals surface area contributed by atoms with E-state index in [1.165, 1.54) is 23.2 Å². The Bertz CT molecular complexity index is 1090. The topological polar surface area (TPSA) is 59.5 Å². The molecule has 0 N–H and O–H groups in total. The van der Waals surface area contributed by atoms with Crippen LogP contribution < -0.4 is 4.90 Å². The van der Waals surface area contributed by atoms with Crippen LogP contribution in [0.4, 0.5) is 19.6 Å². The maximum absolute atomic E-state index is 13.4. The summed E-state index contributed by atoms with van der Waals surface area (Å²) in [7, 11) is 0. The van der Waals surface area contributed by atoms with Crippen LogP contribution in [0.5, 0.6) is 0 Å². The van der Waals surface area contributed by atoms with Crippen molar-refractivity contribution in [1.82, 2.24) is 4.98 Å². The van der Waals surface area contributed by atoms with Crippen LogP contribution in [-0.4, -0.2) is 16.9 Å². The minimum Gasteiger partial charge on any atom is -0.456 e. The van der Waals surface area contributed by atoms with E-state index in [1.807, 2.05) is 25.1 Å². The third-order valence-corrected chi connectivity index (χ3v) is 5.07. The number of amides is 1. The fraction of sp³-hybridized carbons (Fsp3) is 0.150. The van der Waals surface area contributed by atoms with E-state index < -0.39 is 17.6 Å². The average molecular weight is 437 g/mol. The van der Waals surface area contributed by atoms with Gasteiger partial charge in [-0.15, -0.1) is 11.3 Å². The molecule has 29 heavy (non-hydrogen) atoms. The summed E-state index contributed by atoms with van der Waals surface area (Å²) in [5, 5.41) is 1.80. The van der Waals surface area contributed by atoms with E-state index in [0.29, 0.717) is 28.6 Å². The van der Waals surface area contributed by atoms with E-state index in [1.54, 1.807) is 11.4 Å². The molecule has 0 aliphatic rings. The van der Waals surface area contributed by atoms with Gasteiger partial charge in [-0.25, -0.2) is 18.6 Å². The molecule has 2 aromatic carbocycles. The molecular weight excluding hydrogens is 422 g/mol. The maximum Gasteiger partial charge on any atom is 0.340 e. The summed E-state index contributed by atoms with van der Waals surface area (Å²) in [6.45, 7) is 3.12. The Morgan fingerprint density at radius 3 is 2.62 bits per heavy atom. The number of benzene rings is 2. The number of aryl methyl sites for hydroxylation is 1. The standard InChI is InChI=1S/C20H15ClF2N2O3S/c1-11-4-3-5-14(6-11)25(12(2)26)20-24-13(10-29-20)9-28-19(27)15-7-17(22)18(23)8-16(15)21/h3-8,10H,9H2,1-2H3. The van der Waals surface area contributed by atoms with Gasteiger partial charge in [0.25, 0.3) is 0 Å². The third kappa shape index (κ3) is 4.78. The first-order valence-corrected chi connectivity index (χ1v) is 9.65. The van der Waals surface area contributed by atoms with Crippen LogP contribution in [0.25, 0.3) is 0 Å². The Morgan fingerprint density at radius 1 is 1.21 bits per heavy atom. The van der Waals surface area contributed by atoms with Gasteiger partial charge >= 0.3 is 5.97 Å². The van der Waals surface area contributed by atoms with E-state index >= 15 is 0 Å². The van der Waals surface area contributed by atoms with Crippen molar-refractivity contribution < 1.29 is 23.1 Å². The molecule has 9 heteroatoms. The van der Waals surface area contributed by atoms with Gasteiger partial charge in [0.1, 0.15) is 6.61 Å². The third-order valence-electron chi connectivity index (χ3n) is 3.89. The molecule has 0 radical (unpaired) electrons. The highest BCUT2D eigenvalue weighted by Gasteiger charge is 2.20. The molecule has 0 atom stereocenters. The highest BCUT2D eigenvalue weighted by Crippen LogP contribution is 2.30. The van der Waals surface area contributed by atoms with Gasteiger partial charge in [-0.05, 0) is 36.8 Å². The van der Waals surface area contributed by atoms with Crippen molar-refractivity contribution in [3.63, 3.8) is 0 Å². The average Bonchev–Trinajstić information content (AvgIpc) is 3.11. The van der Waals surface area contributed by atoms with Crippen molar-refractivity contribution in [2.75, 3.05) is 4.90 Å². The van der Waals surface area contributed by atoms with Gasteiger partial charge < -0.3 is 4.74 Å². The molecule has 0 saturated heterocycles. The number of halogens is 3. The number of carbonyl (C=O) groups is 2. The zero-order chi connectivity index (χ0) is 21.1. The van der Waals surface area contributed by atoms with Crippen molar-refractivity contribution in [3.05, 3.63) is 75.3 Å². The van der Waals surface area contributed by atoms with Gasteiger partial charge in [-0.1, -0.05) is 23.7 Å². The largest absolute Gasteiger partial charge is 0.456 e. The van der Waals surface area contributed by atoms with Crippen molar-refractivity contribution in [2.45, 2.75) is 20.5 Å². The highest BCUT2D eigenvalue weighted by molar-refractivity contribution is 7.14. The summed E-state index contributed by atoms with van der Waals surface area (Å²) in [4.78, 5) is 30.1. The van der Waals surface area contributed by atoms with Crippen LogP contribution in [0.3, 0.4) is 0 Å². The monoisotopic (exact) mass is 436 g/mol. The minimum atomic E-state index is -1.20. The number of anilines is 2. The van der Waals surface area contributed by atoms with Crippen LogP contribution in [-0.2, 0) is 16.1 Å². The summed E-state index contributed by atoms with van der Waals surface area (Å²) < 4.78 is 31.6. The first-order valence-electron chi connectivity index (χ1n) is 8.39. The Balaban J connectivity index is 1.75. The minimum absolute atomic E-state index is 0.218. The lowest BCUT2D eigenvalue weighted by atomic mass is 10.2. The zero-order valence-corrected chi connectivity index (χ0v) is 17.0. The van der Waals surface area contributed by atoms with Crippen molar-refractivity contribution in [1.29, 1.82) is 0 Å². The van der Waals surface area contributed by atoms with Gasteiger partial charge in [0, 0.05) is 12.3 Å². The van der Waals surface area contributed by atoms with Gasteiger partial charge in [0.2, 0.25) is 5.91 Å². The molecule has 150 valence electrons. The van der Waals surface area contributed by atoms with E-state index in [9.17, 15) is 18.4 Å². The van der Waals surface area contributed by atoms with Crippen molar-refractivity contribution in [3.8, 4) is 0 Å². The van der Waals surface area contributed by atoms with Gasteiger partial charge in [0.15, 0.2) is 16.8 Å². The van der Waals surface area contributed by atoms with Gasteiger partial charge in [0.05, 0.1) is 22.0 Å². The predicted molar refractivity (Wildman–Crippen MR) is 107 cm³/mol. The summed E-state index contributed by atoms with van der Waals surface area (Å²) in [6.07, 6.45) is 0. The number of thiazole rings is 1.